The summed E-state index contributed by atoms with van der Waals surface area (Å²) in [5, 5.41) is 8.59. The molecule has 40 heavy (non-hydrogen) atoms. The van der Waals surface area contributed by atoms with Crippen LogP contribution in [-0.2, 0) is 17.4 Å². The first-order valence-electron chi connectivity index (χ1n) is 13.4. The van der Waals surface area contributed by atoms with Crippen LogP contribution in [0.25, 0.3) is 6.08 Å². The van der Waals surface area contributed by atoms with E-state index in [0.717, 1.165) is 43.0 Å². The predicted molar refractivity (Wildman–Crippen MR) is 156 cm³/mol. The van der Waals surface area contributed by atoms with Gasteiger partial charge in [-0.1, -0.05) is 29.6 Å². The number of nitrogens with zero attached hydrogens (tertiary/aromatic N) is 2. The molecule has 2 N–H and O–H groups in total. The molecular weight excluding hydrogens is 537 g/mol. The second-order valence-corrected chi connectivity index (χ2v) is 12.7. The second kappa shape index (κ2) is 12.3. The third-order valence-electron chi connectivity index (χ3n) is 7.60. The molecule has 6 nitrogen and oxygen atoms in total. The topological polar surface area (TPSA) is 64.7 Å². The van der Waals surface area contributed by atoms with Gasteiger partial charge in [0, 0.05) is 38.5 Å². The first-order valence-corrected chi connectivity index (χ1v) is 14.8. The number of benzene rings is 2. The monoisotopic (exact) mass is 574 g/mol. The lowest BCUT2D eigenvalue weighted by molar-refractivity contribution is -0.137. The van der Waals surface area contributed by atoms with Crippen LogP contribution < -0.4 is 10.6 Å². The highest BCUT2D eigenvalue weighted by Crippen LogP contribution is 2.33. The van der Waals surface area contributed by atoms with Crippen molar-refractivity contribution in [2.75, 3.05) is 32.9 Å². The van der Waals surface area contributed by atoms with E-state index in [1.54, 1.807) is 37.2 Å². The summed E-state index contributed by atoms with van der Waals surface area (Å²) in [7, 11) is 3.44. The average Bonchev–Trinajstić information content (AvgIpc) is 3.22. The molecule has 2 aliphatic heterocycles. The molecule has 0 radical (unpaired) electrons. The van der Waals surface area contributed by atoms with Gasteiger partial charge < -0.3 is 10.2 Å². The number of rotatable bonds is 7. The Morgan fingerprint density at radius 3 is 2.52 bits per heavy atom. The number of carbonyl (C=O) groups is 2. The standard InChI is InChI=1S/C30H37F3N4O2S/c1-5-40(18-13-23-10-11-24(19-21(23)2)27(38)36(3)4)37-16-14-29(15-17-37)28(39)34-26(35-29)12-9-22-7-6-8-25(20-22)30(31,32)33/h5-12,19-20,26,35H,13-18H2,1-4H3,(H,34,39)/b12-9+. The quantitative estimate of drug-likeness (QED) is 0.464. The molecule has 2 aliphatic rings. The maximum absolute atomic E-state index is 13.0. The summed E-state index contributed by atoms with van der Waals surface area (Å²) in [4.78, 5) is 26.8. The summed E-state index contributed by atoms with van der Waals surface area (Å²) < 4.78 is 41.5. The van der Waals surface area contributed by atoms with Crippen LogP contribution in [0.5, 0.6) is 0 Å². The largest absolute Gasteiger partial charge is 0.416 e. The van der Waals surface area contributed by atoms with Crippen LogP contribution in [0.3, 0.4) is 0 Å². The number of hydrogen-bond donors (Lipinski definition) is 2. The number of aryl methyl sites for hydroxylation is 2. The minimum absolute atomic E-state index is 0.00325. The molecule has 4 rings (SSSR count). The number of piperidine rings is 1. The lowest BCUT2D eigenvalue weighted by Crippen LogP contribution is -2.54. The van der Waals surface area contributed by atoms with E-state index in [1.807, 2.05) is 25.1 Å². The first-order chi connectivity index (χ1) is 18.9. The number of alkyl halides is 3. The van der Waals surface area contributed by atoms with Crippen molar-refractivity contribution in [1.29, 1.82) is 0 Å². The predicted octanol–water partition coefficient (Wildman–Crippen LogP) is 4.86. The fourth-order valence-corrected chi connectivity index (χ4v) is 7.13. The summed E-state index contributed by atoms with van der Waals surface area (Å²) in [5.74, 6) is 0.901. The summed E-state index contributed by atoms with van der Waals surface area (Å²) in [6, 6.07) is 11.0. The van der Waals surface area contributed by atoms with E-state index >= 15 is 0 Å². The van der Waals surface area contributed by atoms with Crippen molar-refractivity contribution in [2.24, 2.45) is 0 Å². The van der Waals surface area contributed by atoms with Gasteiger partial charge in [-0.3, -0.25) is 19.2 Å². The van der Waals surface area contributed by atoms with E-state index in [2.05, 4.69) is 27.2 Å². The zero-order valence-corrected chi connectivity index (χ0v) is 24.2. The number of amides is 2. The van der Waals surface area contributed by atoms with Gasteiger partial charge in [0.1, 0.15) is 5.54 Å². The molecule has 1 spiro atoms. The Kier molecular flexibility index (Phi) is 9.22. The molecule has 2 unspecified atom stereocenters. The van der Waals surface area contributed by atoms with Gasteiger partial charge >= 0.3 is 6.18 Å². The highest BCUT2D eigenvalue weighted by molar-refractivity contribution is 8.12. The average molecular weight is 575 g/mol. The molecule has 0 aliphatic carbocycles. The number of nitrogens with one attached hydrogen (secondary N) is 2. The maximum Gasteiger partial charge on any atom is 0.416 e. The van der Waals surface area contributed by atoms with E-state index in [4.69, 9.17) is 0 Å². The molecule has 0 saturated carbocycles. The molecular formula is C30H37F3N4O2S. The van der Waals surface area contributed by atoms with Crippen molar-refractivity contribution < 1.29 is 22.8 Å². The van der Waals surface area contributed by atoms with E-state index < -0.39 is 23.4 Å². The lowest BCUT2D eigenvalue weighted by Gasteiger charge is -2.39. The Morgan fingerprint density at radius 2 is 1.90 bits per heavy atom. The molecule has 2 saturated heterocycles. The van der Waals surface area contributed by atoms with Gasteiger partial charge in [0.15, 0.2) is 0 Å². The molecule has 2 fully saturated rings. The summed E-state index contributed by atoms with van der Waals surface area (Å²) in [6.45, 7) is 5.66. The van der Waals surface area contributed by atoms with Gasteiger partial charge in [-0.2, -0.15) is 13.2 Å². The van der Waals surface area contributed by atoms with Gasteiger partial charge in [0.2, 0.25) is 5.91 Å². The molecule has 10 heteroatoms. The summed E-state index contributed by atoms with van der Waals surface area (Å²) in [5.41, 5.74) is 2.10. The minimum Gasteiger partial charge on any atom is -0.345 e. The van der Waals surface area contributed by atoms with Crippen LogP contribution in [0.4, 0.5) is 13.2 Å². The van der Waals surface area contributed by atoms with Gasteiger partial charge in [-0.25, -0.2) is 0 Å². The number of carbonyl (C=O) groups excluding carboxylic acids is 2. The van der Waals surface area contributed by atoms with Crippen LogP contribution in [0, 0.1) is 6.92 Å². The Labute approximate surface area is 236 Å². The van der Waals surface area contributed by atoms with E-state index in [-0.39, 0.29) is 22.5 Å². The van der Waals surface area contributed by atoms with Crippen LogP contribution in [0.1, 0.15) is 52.4 Å². The molecule has 216 valence electrons. The van der Waals surface area contributed by atoms with Crippen molar-refractivity contribution in [3.05, 3.63) is 76.4 Å². The molecule has 2 amide bonds. The highest BCUT2D eigenvalue weighted by atomic mass is 32.2. The van der Waals surface area contributed by atoms with Crippen LogP contribution in [0.2, 0.25) is 0 Å². The molecule has 0 aromatic heterocycles. The molecule has 2 atom stereocenters. The van der Waals surface area contributed by atoms with Gasteiger partial charge in [-0.15, -0.1) is 10.7 Å². The van der Waals surface area contributed by atoms with Crippen molar-refractivity contribution >= 4 is 33.9 Å². The molecule has 0 bridgehead atoms. The molecule has 2 aromatic carbocycles. The first kappa shape index (κ1) is 30.0. The normalized spacial score (nSPS) is 20.3. The SMILES string of the molecule is CC=S(CCc1ccc(C(=O)N(C)C)cc1C)N1CCC2(CC1)NC(/C=C/c1cccc(C(F)(F)F)c1)NC2=O. The van der Waals surface area contributed by atoms with Crippen molar-refractivity contribution in [1.82, 2.24) is 19.8 Å². The van der Waals surface area contributed by atoms with E-state index in [9.17, 15) is 22.8 Å². The van der Waals surface area contributed by atoms with Gasteiger partial charge in [-0.05, 0) is 80.1 Å². The van der Waals surface area contributed by atoms with Crippen LogP contribution >= 0.6 is 10.7 Å². The number of hydrogen-bond acceptors (Lipinski definition) is 4. The zero-order valence-electron chi connectivity index (χ0n) is 23.3. The van der Waals surface area contributed by atoms with E-state index in [0.29, 0.717) is 24.0 Å². The second-order valence-electron chi connectivity index (χ2n) is 10.5. The van der Waals surface area contributed by atoms with Crippen molar-refractivity contribution in [2.45, 2.75) is 51.0 Å². The number of halogens is 3. The van der Waals surface area contributed by atoms with Gasteiger partial charge in [0.25, 0.3) is 5.91 Å². The van der Waals surface area contributed by atoms with Gasteiger partial charge in [0.05, 0.1) is 11.7 Å². The molecule has 2 aromatic rings. The maximum atomic E-state index is 13.0. The summed E-state index contributed by atoms with van der Waals surface area (Å²) >= 11 is 0. The highest BCUT2D eigenvalue weighted by Gasteiger charge is 2.47. The smallest absolute Gasteiger partial charge is 0.345 e. The zero-order chi connectivity index (χ0) is 29.1. The van der Waals surface area contributed by atoms with Crippen LogP contribution in [0.15, 0.2) is 48.5 Å². The lowest BCUT2D eigenvalue weighted by atomic mass is 9.88. The minimum atomic E-state index is -4.40. The van der Waals surface area contributed by atoms with Crippen molar-refractivity contribution in [3.63, 3.8) is 0 Å². The Bertz CT molecular complexity index is 1310. The third-order valence-corrected chi connectivity index (χ3v) is 9.80. The van der Waals surface area contributed by atoms with Crippen LogP contribution in [-0.4, -0.2) is 71.0 Å². The third kappa shape index (κ3) is 6.85. The summed E-state index contributed by atoms with van der Waals surface area (Å²) in [6.07, 6.45) is 0.697. The molecule has 2 heterocycles. The fraction of sp³-hybridized carbons (Fsp3) is 0.433. The van der Waals surface area contributed by atoms with Crippen molar-refractivity contribution in [3.8, 4) is 0 Å². The Hall–Kier alpha value is -2.95. The Balaban J connectivity index is 1.33. The fourth-order valence-electron chi connectivity index (χ4n) is 5.25. The van der Waals surface area contributed by atoms with E-state index in [1.165, 1.54) is 11.6 Å². The Morgan fingerprint density at radius 1 is 1.18 bits per heavy atom.